The molecule has 0 saturated heterocycles. The molecule has 0 radical (unpaired) electrons. The molecule has 0 fully saturated rings. The van der Waals surface area contributed by atoms with Crippen LogP contribution in [0.1, 0.15) is 20.8 Å². The Morgan fingerprint density at radius 1 is 1.06 bits per heavy atom. The molecular weight excluding hydrogens is 243 g/mol. The van der Waals surface area contributed by atoms with Crippen LogP contribution in [0.5, 0.6) is 0 Å². The monoisotopic (exact) mass is 266 g/mol. The Hall–Kier alpha value is -0.463. The van der Waals surface area contributed by atoms with Crippen molar-refractivity contribution in [2.45, 2.75) is 40.4 Å². The Kier molecular flexibility index (Phi) is 4.32. The zero-order valence-corrected chi connectivity index (χ0v) is 13.6. The highest BCUT2D eigenvalue weighted by Gasteiger charge is 2.38. The molecule has 0 spiro atoms. The van der Waals surface area contributed by atoms with Crippen molar-refractivity contribution in [3.63, 3.8) is 0 Å². The van der Waals surface area contributed by atoms with Crippen LogP contribution in [0.3, 0.4) is 0 Å². The van der Waals surface area contributed by atoms with Gasteiger partial charge in [0.1, 0.15) is 0 Å². The van der Waals surface area contributed by atoms with Crippen LogP contribution < -0.4 is 5.30 Å². The lowest BCUT2D eigenvalue weighted by atomic mass is 9.99. The highest BCUT2D eigenvalue weighted by molar-refractivity contribution is 8.10. The highest BCUT2D eigenvalue weighted by atomic mass is 31.4. The van der Waals surface area contributed by atoms with Gasteiger partial charge < -0.3 is 0 Å². The van der Waals surface area contributed by atoms with Gasteiger partial charge in [-0.25, -0.2) is 0 Å². The highest BCUT2D eigenvalue weighted by Crippen LogP contribution is 2.50. The molecule has 17 heavy (non-hydrogen) atoms. The van der Waals surface area contributed by atoms with E-state index in [1.807, 2.05) is 39.0 Å². The minimum Gasteiger partial charge on any atom is -0.294 e. The van der Waals surface area contributed by atoms with Gasteiger partial charge in [-0.05, 0) is 12.8 Å². The van der Waals surface area contributed by atoms with E-state index in [4.69, 9.17) is 0 Å². The number of hydrogen-bond acceptors (Lipinski definition) is 1. The second kappa shape index (κ2) is 5.03. The first-order valence-electron chi connectivity index (χ1n) is 6.04. The molecule has 0 bridgehead atoms. The maximum Gasteiger partial charge on any atom is 0.160 e. The van der Waals surface area contributed by atoms with Gasteiger partial charge >= 0.3 is 0 Å². The Labute approximate surface area is 107 Å². The SMILES string of the molecule is CC(C)(C)C(=O)P(c1ccccc1)[Si](C)(C)C. The second-order valence-corrected chi connectivity index (χ2v) is 17.7. The van der Waals surface area contributed by atoms with Crippen molar-refractivity contribution in [2.24, 2.45) is 5.41 Å². The zero-order valence-electron chi connectivity index (χ0n) is 11.7. The molecule has 1 atom stereocenters. The van der Waals surface area contributed by atoms with E-state index < -0.39 is 15.2 Å². The molecular formula is C14H23OPSi. The van der Waals surface area contributed by atoms with Crippen LogP contribution >= 0.6 is 7.47 Å². The van der Waals surface area contributed by atoms with Crippen LogP contribution in [0.25, 0.3) is 0 Å². The predicted molar refractivity (Wildman–Crippen MR) is 80.8 cm³/mol. The third-order valence-electron chi connectivity index (χ3n) is 2.53. The standard InChI is InChI=1S/C14H23OPSi/c1-14(2,3)13(15)16(17(4,5)6)12-10-8-7-9-11-12/h7-11H,1-6H3. The van der Waals surface area contributed by atoms with Crippen molar-refractivity contribution in [3.8, 4) is 0 Å². The lowest BCUT2D eigenvalue weighted by Gasteiger charge is -2.33. The Morgan fingerprint density at radius 3 is 1.88 bits per heavy atom. The second-order valence-electron chi connectivity index (χ2n) is 6.40. The van der Waals surface area contributed by atoms with Crippen LogP contribution in [-0.4, -0.2) is 13.3 Å². The molecule has 0 aliphatic heterocycles. The number of benzene rings is 1. The molecule has 0 saturated carbocycles. The largest absolute Gasteiger partial charge is 0.294 e. The summed E-state index contributed by atoms with van der Waals surface area (Å²) in [6.45, 7) is 13.0. The number of carbonyl (C=O) groups excluding carboxylic acids is 1. The van der Waals surface area contributed by atoms with Crippen LogP contribution in [0.15, 0.2) is 30.3 Å². The van der Waals surface area contributed by atoms with Crippen molar-refractivity contribution in [1.82, 2.24) is 0 Å². The van der Waals surface area contributed by atoms with Gasteiger partial charge in [0.2, 0.25) is 0 Å². The fraction of sp³-hybridized carbons (Fsp3) is 0.500. The van der Waals surface area contributed by atoms with Gasteiger partial charge in [-0.3, -0.25) is 4.79 Å². The smallest absolute Gasteiger partial charge is 0.160 e. The van der Waals surface area contributed by atoms with Gasteiger partial charge in [0.05, 0.1) is 7.74 Å². The molecule has 0 aliphatic rings. The number of rotatable bonds is 3. The summed E-state index contributed by atoms with van der Waals surface area (Å²) < 4.78 is 0. The zero-order chi connectivity index (χ0) is 13.3. The minimum absolute atomic E-state index is 0.234. The van der Waals surface area contributed by atoms with Crippen LogP contribution in [0.4, 0.5) is 0 Å². The van der Waals surface area contributed by atoms with E-state index in [0.29, 0.717) is 5.52 Å². The van der Waals surface area contributed by atoms with Gasteiger partial charge in [-0.15, -0.1) is 0 Å². The lowest BCUT2D eigenvalue weighted by molar-refractivity contribution is -0.117. The maximum absolute atomic E-state index is 12.7. The normalized spacial score (nSPS) is 14.5. The molecule has 0 amide bonds. The Morgan fingerprint density at radius 2 is 1.53 bits per heavy atom. The van der Waals surface area contributed by atoms with Gasteiger partial charge in [-0.2, -0.15) is 0 Å². The third-order valence-corrected chi connectivity index (χ3v) is 11.2. The lowest BCUT2D eigenvalue weighted by Crippen LogP contribution is -2.33. The molecule has 0 aliphatic carbocycles. The Balaban J connectivity index is 3.20. The average molecular weight is 266 g/mol. The number of hydrogen-bond donors (Lipinski definition) is 0. The van der Waals surface area contributed by atoms with E-state index in [9.17, 15) is 4.79 Å². The van der Waals surface area contributed by atoms with Gasteiger partial charge in [0, 0.05) is 5.41 Å². The summed E-state index contributed by atoms with van der Waals surface area (Å²) in [5, 5.41) is 1.25. The quantitative estimate of drug-likeness (QED) is 0.592. The van der Waals surface area contributed by atoms with Gasteiger partial charge in [-0.1, -0.05) is 70.7 Å². The summed E-state index contributed by atoms with van der Waals surface area (Å²) in [7, 11) is -2.13. The average Bonchev–Trinajstić information content (AvgIpc) is 2.15. The molecule has 0 aromatic heterocycles. The van der Waals surface area contributed by atoms with E-state index in [2.05, 4.69) is 31.8 Å². The molecule has 1 aromatic rings. The summed E-state index contributed by atoms with van der Waals surface area (Å²) >= 11 is 0. The first-order chi connectivity index (χ1) is 7.64. The number of carbonyl (C=O) groups is 1. The van der Waals surface area contributed by atoms with Crippen molar-refractivity contribution in [2.75, 3.05) is 0 Å². The summed E-state index contributed by atoms with van der Waals surface area (Å²) in [5.74, 6) is 0. The topological polar surface area (TPSA) is 17.1 Å². The van der Waals surface area contributed by atoms with E-state index in [0.717, 1.165) is 0 Å². The van der Waals surface area contributed by atoms with Crippen LogP contribution in [0, 0.1) is 5.41 Å². The molecule has 1 unspecified atom stereocenters. The third kappa shape index (κ3) is 3.75. The van der Waals surface area contributed by atoms with Gasteiger partial charge in [0.15, 0.2) is 5.52 Å². The first-order valence-corrected chi connectivity index (χ1v) is 11.7. The maximum atomic E-state index is 12.7. The van der Waals surface area contributed by atoms with Crippen LogP contribution in [-0.2, 0) is 4.79 Å². The van der Waals surface area contributed by atoms with E-state index in [1.165, 1.54) is 5.30 Å². The summed E-state index contributed by atoms with van der Waals surface area (Å²) in [4.78, 5) is 12.7. The van der Waals surface area contributed by atoms with Crippen molar-refractivity contribution >= 4 is 26.0 Å². The van der Waals surface area contributed by atoms with Gasteiger partial charge in [0.25, 0.3) is 0 Å². The Bertz CT molecular complexity index is 387. The predicted octanol–water partition coefficient (Wildman–Crippen LogP) is 4.20. The molecule has 1 aromatic carbocycles. The van der Waals surface area contributed by atoms with E-state index in [-0.39, 0.29) is 5.41 Å². The molecule has 94 valence electrons. The summed E-state index contributed by atoms with van der Waals surface area (Å²) in [5.41, 5.74) is 0.208. The molecule has 1 rings (SSSR count). The van der Waals surface area contributed by atoms with E-state index in [1.54, 1.807) is 0 Å². The summed E-state index contributed by atoms with van der Waals surface area (Å²) in [6, 6.07) is 10.3. The molecule has 3 heteroatoms. The molecule has 0 N–H and O–H groups in total. The van der Waals surface area contributed by atoms with Crippen molar-refractivity contribution in [3.05, 3.63) is 30.3 Å². The molecule has 1 nitrogen and oxygen atoms in total. The summed E-state index contributed by atoms with van der Waals surface area (Å²) in [6.07, 6.45) is 0. The first kappa shape index (κ1) is 14.6. The fourth-order valence-electron chi connectivity index (χ4n) is 1.72. The van der Waals surface area contributed by atoms with Crippen molar-refractivity contribution < 1.29 is 4.79 Å². The molecule has 0 heterocycles. The fourth-order valence-corrected chi connectivity index (χ4v) is 10.1. The van der Waals surface area contributed by atoms with Crippen LogP contribution in [0.2, 0.25) is 19.6 Å². The van der Waals surface area contributed by atoms with Crippen molar-refractivity contribution in [1.29, 1.82) is 0 Å². The minimum atomic E-state index is -1.49. The van der Waals surface area contributed by atoms with E-state index >= 15 is 0 Å².